The third kappa shape index (κ3) is 50.2. The van der Waals surface area contributed by atoms with Crippen LogP contribution < -0.4 is 0 Å². The number of hydrogen-bond acceptors (Lipinski definition) is 6. The lowest BCUT2D eigenvalue weighted by atomic mass is 10.0. The highest BCUT2D eigenvalue weighted by Crippen LogP contribution is 2.16. The van der Waals surface area contributed by atoms with E-state index in [9.17, 15) is 14.4 Å². The molecule has 0 aromatic rings. The van der Waals surface area contributed by atoms with Gasteiger partial charge in [-0.2, -0.15) is 0 Å². The second kappa shape index (κ2) is 52.0. The molecule has 0 aliphatic heterocycles. The van der Waals surface area contributed by atoms with Gasteiger partial charge in [-0.15, -0.1) is 0 Å². The molecule has 0 aliphatic carbocycles. The monoisotopic (exact) mass is 883 g/mol. The highest BCUT2D eigenvalue weighted by Gasteiger charge is 2.19. The zero-order valence-electron chi connectivity index (χ0n) is 41.8. The average molecular weight is 883 g/mol. The molecule has 0 aromatic heterocycles. The molecule has 0 rings (SSSR count). The normalized spacial score (nSPS) is 12.4. The number of rotatable bonds is 49. The van der Waals surface area contributed by atoms with Crippen molar-refractivity contribution in [3.05, 3.63) is 48.6 Å². The Hall–Kier alpha value is -2.63. The first-order chi connectivity index (χ1) is 31.0. The lowest BCUT2D eigenvalue weighted by molar-refractivity contribution is -0.166. The molecular weight excluding hydrogens is 781 g/mol. The Bertz CT molecular complexity index is 1110. The van der Waals surface area contributed by atoms with E-state index in [2.05, 4.69) is 63.3 Å². The molecule has 0 heterocycles. The van der Waals surface area contributed by atoms with E-state index < -0.39 is 6.10 Å². The van der Waals surface area contributed by atoms with Crippen LogP contribution in [-0.4, -0.2) is 37.2 Å². The van der Waals surface area contributed by atoms with Gasteiger partial charge in [0.25, 0.3) is 0 Å². The van der Waals surface area contributed by atoms with Gasteiger partial charge >= 0.3 is 17.9 Å². The van der Waals surface area contributed by atoms with E-state index in [1.807, 2.05) is 6.08 Å². The highest BCUT2D eigenvalue weighted by atomic mass is 16.6. The second-order valence-corrected chi connectivity index (χ2v) is 18.1. The second-order valence-electron chi connectivity index (χ2n) is 18.1. The first-order valence-electron chi connectivity index (χ1n) is 27.1. The van der Waals surface area contributed by atoms with E-state index in [1.165, 1.54) is 167 Å². The summed E-state index contributed by atoms with van der Waals surface area (Å²) < 4.78 is 16.7. The molecule has 0 bridgehead atoms. The summed E-state index contributed by atoms with van der Waals surface area (Å²) in [7, 11) is 0. The van der Waals surface area contributed by atoms with Crippen LogP contribution in [0.4, 0.5) is 0 Å². The fraction of sp³-hybridized carbons (Fsp3) is 0.807. The van der Waals surface area contributed by atoms with Gasteiger partial charge in [-0.3, -0.25) is 14.4 Å². The molecule has 6 nitrogen and oxygen atoms in total. The van der Waals surface area contributed by atoms with Crippen molar-refractivity contribution in [1.82, 2.24) is 0 Å². The molecule has 0 fully saturated rings. The summed E-state index contributed by atoms with van der Waals surface area (Å²) in [4.78, 5) is 37.9. The molecule has 0 N–H and O–H groups in total. The number of carbonyl (C=O) groups excluding carboxylic acids is 3. The molecule has 1 atom stereocenters. The van der Waals surface area contributed by atoms with Gasteiger partial charge in [-0.1, -0.05) is 262 Å². The predicted molar refractivity (Wildman–Crippen MR) is 270 cm³/mol. The minimum atomic E-state index is -0.806. The minimum absolute atomic E-state index is 0.0976. The number of hydrogen-bond donors (Lipinski definition) is 0. The Morgan fingerprint density at radius 1 is 0.333 bits per heavy atom. The molecule has 0 radical (unpaired) electrons. The third-order valence-corrected chi connectivity index (χ3v) is 11.9. The number of ether oxygens (including phenoxy) is 3. The molecule has 0 spiro atoms. The smallest absolute Gasteiger partial charge is 0.306 e. The average Bonchev–Trinajstić information content (AvgIpc) is 3.28. The van der Waals surface area contributed by atoms with Crippen molar-refractivity contribution in [2.24, 2.45) is 0 Å². The molecule has 0 saturated heterocycles. The number of unbranched alkanes of at least 4 members (excludes halogenated alkanes) is 30. The molecule has 1 unspecified atom stereocenters. The first-order valence-corrected chi connectivity index (χ1v) is 27.1. The van der Waals surface area contributed by atoms with E-state index in [0.717, 1.165) is 64.2 Å². The minimum Gasteiger partial charge on any atom is -0.462 e. The Morgan fingerprint density at radius 3 is 0.937 bits per heavy atom. The maximum absolute atomic E-state index is 12.7. The summed E-state index contributed by atoms with van der Waals surface area (Å²) in [6.45, 7) is 6.49. The van der Waals surface area contributed by atoms with E-state index >= 15 is 0 Å². The van der Waals surface area contributed by atoms with Gasteiger partial charge in [-0.05, 0) is 44.9 Å². The maximum Gasteiger partial charge on any atom is 0.306 e. The van der Waals surface area contributed by atoms with Gasteiger partial charge in [0, 0.05) is 19.3 Å². The molecule has 0 amide bonds. The van der Waals surface area contributed by atoms with E-state index in [1.54, 1.807) is 0 Å². The maximum atomic E-state index is 12.7. The molecule has 6 heteroatoms. The summed E-state index contributed by atoms with van der Waals surface area (Å²) in [5.74, 6) is -0.968. The standard InChI is InChI=1S/C57H102O6/c1-4-7-10-13-16-19-22-25-26-27-28-29-30-31-33-35-38-41-44-47-50-56(59)62-53-54(52-61-55(58)49-46-43-40-37-34-24-21-18-15-12-9-6-3)63-57(60)51-48-45-42-39-36-32-23-20-17-14-11-8-5-2/h8,11,17,20,32,36,42,45,54H,4-7,9-10,12-16,18-19,21-31,33-35,37-41,43-44,46-53H2,1-3H3/b11-8-,20-17-,36-32-,45-42-. The van der Waals surface area contributed by atoms with Crippen LogP contribution in [-0.2, 0) is 28.6 Å². The molecular formula is C57H102O6. The molecule has 0 aliphatic rings. The largest absolute Gasteiger partial charge is 0.462 e. The van der Waals surface area contributed by atoms with Crippen LogP contribution in [0.1, 0.15) is 278 Å². The summed E-state index contributed by atoms with van der Waals surface area (Å²) in [5.41, 5.74) is 0. The van der Waals surface area contributed by atoms with Crippen LogP contribution in [0.25, 0.3) is 0 Å². The Morgan fingerprint density at radius 2 is 0.619 bits per heavy atom. The van der Waals surface area contributed by atoms with Crippen molar-refractivity contribution in [1.29, 1.82) is 0 Å². The van der Waals surface area contributed by atoms with Crippen LogP contribution in [0, 0.1) is 0 Å². The fourth-order valence-corrected chi connectivity index (χ4v) is 7.81. The molecule has 366 valence electrons. The van der Waals surface area contributed by atoms with Crippen LogP contribution in [0.2, 0.25) is 0 Å². The Kier molecular flexibility index (Phi) is 49.8. The van der Waals surface area contributed by atoms with Crippen molar-refractivity contribution in [2.45, 2.75) is 284 Å². The molecule has 0 saturated carbocycles. The number of esters is 3. The summed E-state index contributed by atoms with van der Waals surface area (Å²) in [6.07, 6.45) is 62.6. The Balaban J connectivity index is 4.33. The van der Waals surface area contributed by atoms with Gasteiger partial charge in [-0.25, -0.2) is 0 Å². The van der Waals surface area contributed by atoms with Crippen LogP contribution >= 0.6 is 0 Å². The molecule has 0 aromatic carbocycles. The molecule has 63 heavy (non-hydrogen) atoms. The van der Waals surface area contributed by atoms with E-state index in [0.29, 0.717) is 19.3 Å². The van der Waals surface area contributed by atoms with Gasteiger partial charge in [0.2, 0.25) is 0 Å². The summed E-state index contributed by atoms with van der Waals surface area (Å²) in [5, 5.41) is 0. The van der Waals surface area contributed by atoms with E-state index in [4.69, 9.17) is 14.2 Å². The van der Waals surface area contributed by atoms with Crippen molar-refractivity contribution >= 4 is 17.9 Å². The fourth-order valence-electron chi connectivity index (χ4n) is 7.81. The van der Waals surface area contributed by atoms with Crippen LogP contribution in [0.5, 0.6) is 0 Å². The van der Waals surface area contributed by atoms with E-state index in [-0.39, 0.29) is 37.5 Å². The summed E-state index contributed by atoms with van der Waals surface area (Å²) >= 11 is 0. The van der Waals surface area contributed by atoms with Gasteiger partial charge in [0.15, 0.2) is 6.10 Å². The topological polar surface area (TPSA) is 78.9 Å². The van der Waals surface area contributed by atoms with Crippen molar-refractivity contribution in [3.8, 4) is 0 Å². The SMILES string of the molecule is CC/C=C\C/C=C\C/C=C\C/C=C\CCC(=O)OC(COC(=O)CCCCCCCCCCCCCC)COC(=O)CCCCCCCCCCCCCCCCCCCCCC. The Labute approximate surface area is 390 Å². The van der Waals surface area contributed by atoms with Crippen molar-refractivity contribution < 1.29 is 28.6 Å². The lowest BCUT2D eigenvalue weighted by Gasteiger charge is -2.18. The van der Waals surface area contributed by atoms with Gasteiger partial charge < -0.3 is 14.2 Å². The highest BCUT2D eigenvalue weighted by molar-refractivity contribution is 5.71. The predicted octanol–water partition coefficient (Wildman–Crippen LogP) is 17.9. The zero-order valence-corrected chi connectivity index (χ0v) is 41.8. The lowest BCUT2D eigenvalue weighted by Crippen LogP contribution is -2.30. The zero-order chi connectivity index (χ0) is 45.8. The third-order valence-electron chi connectivity index (χ3n) is 11.9. The van der Waals surface area contributed by atoms with Gasteiger partial charge in [0.1, 0.15) is 13.2 Å². The quantitative estimate of drug-likeness (QED) is 0.0262. The van der Waals surface area contributed by atoms with Crippen molar-refractivity contribution in [3.63, 3.8) is 0 Å². The first kappa shape index (κ1) is 60.4. The van der Waals surface area contributed by atoms with Crippen LogP contribution in [0.3, 0.4) is 0 Å². The van der Waals surface area contributed by atoms with Crippen molar-refractivity contribution in [2.75, 3.05) is 13.2 Å². The summed E-state index contributed by atoms with van der Waals surface area (Å²) in [6, 6.07) is 0. The number of carbonyl (C=O) groups is 3. The van der Waals surface area contributed by atoms with Crippen LogP contribution in [0.15, 0.2) is 48.6 Å². The van der Waals surface area contributed by atoms with Gasteiger partial charge in [0.05, 0.1) is 0 Å². The number of allylic oxidation sites excluding steroid dienone is 8.